The molecular formula is C23H26ClN5O2S. The van der Waals surface area contributed by atoms with Crippen LogP contribution in [0.25, 0.3) is 10.2 Å². The molecule has 1 N–H and O–H groups in total. The van der Waals surface area contributed by atoms with Gasteiger partial charge >= 0.3 is 0 Å². The van der Waals surface area contributed by atoms with Crippen LogP contribution in [0.5, 0.6) is 0 Å². The Balaban J connectivity index is 1.45. The Labute approximate surface area is 196 Å². The number of carbonyl (C=O) groups excluding carboxylic acids is 2. The number of rotatable bonds is 4. The van der Waals surface area contributed by atoms with Gasteiger partial charge in [0.1, 0.15) is 17.0 Å². The number of halogens is 1. The molecule has 32 heavy (non-hydrogen) atoms. The summed E-state index contributed by atoms with van der Waals surface area (Å²) in [5.74, 6) is 0.615. The summed E-state index contributed by atoms with van der Waals surface area (Å²) in [7, 11) is 3.38. The van der Waals surface area contributed by atoms with Crippen LogP contribution in [0.3, 0.4) is 0 Å². The molecule has 168 valence electrons. The summed E-state index contributed by atoms with van der Waals surface area (Å²) < 4.78 is 0. The Bertz CT molecular complexity index is 1180. The minimum Gasteiger partial charge on any atom is -0.356 e. The zero-order valence-corrected chi connectivity index (χ0v) is 20.2. The number of hydrogen-bond donors (Lipinski definition) is 1. The van der Waals surface area contributed by atoms with Crippen molar-refractivity contribution in [2.75, 3.05) is 37.4 Å². The summed E-state index contributed by atoms with van der Waals surface area (Å²) in [6.07, 6.45) is 3.05. The first kappa shape index (κ1) is 22.5. The second kappa shape index (κ2) is 9.03. The van der Waals surface area contributed by atoms with Crippen molar-refractivity contribution in [2.24, 2.45) is 5.92 Å². The van der Waals surface area contributed by atoms with Gasteiger partial charge in [-0.3, -0.25) is 9.59 Å². The molecule has 2 amide bonds. The lowest BCUT2D eigenvalue weighted by Gasteiger charge is -2.32. The van der Waals surface area contributed by atoms with Crippen molar-refractivity contribution in [3.63, 3.8) is 0 Å². The number of fused-ring (bicyclic) bond motifs is 1. The first-order valence-corrected chi connectivity index (χ1v) is 11.7. The van der Waals surface area contributed by atoms with Gasteiger partial charge < -0.3 is 15.1 Å². The van der Waals surface area contributed by atoms with E-state index in [2.05, 4.69) is 34.0 Å². The minimum absolute atomic E-state index is 0.0728. The quantitative estimate of drug-likeness (QED) is 0.605. The molecule has 0 spiro atoms. The fraction of sp³-hybridized carbons (Fsp3) is 0.391. The Morgan fingerprint density at radius 3 is 2.59 bits per heavy atom. The van der Waals surface area contributed by atoms with E-state index in [1.165, 1.54) is 15.3 Å². The van der Waals surface area contributed by atoms with E-state index in [1.54, 1.807) is 50.0 Å². The fourth-order valence-corrected chi connectivity index (χ4v) is 5.16. The molecule has 3 heterocycles. The van der Waals surface area contributed by atoms with Crippen molar-refractivity contribution in [1.82, 2.24) is 14.9 Å². The topological polar surface area (TPSA) is 78.4 Å². The number of hydrogen-bond acceptors (Lipinski definition) is 6. The van der Waals surface area contributed by atoms with Gasteiger partial charge in [0.25, 0.3) is 5.91 Å². The Kier molecular flexibility index (Phi) is 6.35. The first-order chi connectivity index (χ1) is 15.3. The molecule has 1 aliphatic heterocycles. The number of thiophene rings is 1. The van der Waals surface area contributed by atoms with Gasteiger partial charge in [0.2, 0.25) is 5.91 Å². The van der Waals surface area contributed by atoms with Crippen LogP contribution in [-0.4, -0.2) is 53.9 Å². The van der Waals surface area contributed by atoms with Crippen LogP contribution in [0.1, 0.15) is 33.6 Å². The molecule has 0 atom stereocenters. The minimum atomic E-state index is -0.138. The third kappa shape index (κ3) is 4.29. The highest BCUT2D eigenvalue weighted by Gasteiger charge is 2.28. The summed E-state index contributed by atoms with van der Waals surface area (Å²) in [6.45, 7) is 5.70. The Morgan fingerprint density at radius 2 is 1.91 bits per heavy atom. The summed E-state index contributed by atoms with van der Waals surface area (Å²) in [4.78, 5) is 40.2. The molecule has 1 aromatic carbocycles. The lowest BCUT2D eigenvalue weighted by Crippen LogP contribution is -2.38. The molecule has 4 rings (SSSR count). The van der Waals surface area contributed by atoms with Crippen LogP contribution in [-0.2, 0) is 4.79 Å². The van der Waals surface area contributed by atoms with Crippen molar-refractivity contribution in [3.05, 3.63) is 45.6 Å². The number of benzene rings is 1. The van der Waals surface area contributed by atoms with E-state index in [9.17, 15) is 9.59 Å². The average Bonchev–Trinajstić information content (AvgIpc) is 3.08. The van der Waals surface area contributed by atoms with Crippen molar-refractivity contribution < 1.29 is 9.59 Å². The van der Waals surface area contributed by atoms with Gasteiger partial charge in [-0.05, 0) is 50.5 Å². The highest BCUT2D eigenvalue weighted by molar-refractivity contribution is 7.18. The van der Waals surface area contributed by atoms with Gasteiger partial charge in [-0.15, -0.1) is 11.3 Å². The smallest absolute Gasteiger partial charge is 0.253 e. The SMILES string of the molecule is Cc1sc2ncnc(N3CCC(C(=O)Nc4cc(C(=O)N(C)C)ccc4Cl)CC3)c2c1C. The van der Waals surface area contributed by atoms with Gasteiger partial charge in [-0.1, -0.05) is 11.6 Å². The van der Waals surface area contributed by atoms with E-state index in [0.717, 1.165) is 29.1 Å². The van der Waals surface area contributed by atoms with E-state index >= 15 is 0 Å². The van der Waals surface area contributed by atoms with Crippen molar-refractivity contribution in [3.8, 4) is 0 Å². The molecule has 1 aliphatic rings. The molecule has 1 saturated heterocycles. The predicted octanol–water partition coefficient (Wildman–Crippen LogP) is 4.52. The second-order valence-corrected chi connectivity index (χ2v) is 9.92. The largest absolute Gasteiger partial charge is 0.356 e. The number of amides is 2. The van der Waals surface area contributed by atoms with Crippen molar-refractivity contribution in [2.45, 2.75) is 26.7 Å². The summed E-state index contributed by atoms with van der Waals surface area (Å²) in [6, 6.07) is 4.94. The molecule has 7 nitrogen and oxygen atoms in total. The zero-order chi connectivity index (χ0) is 23.0. The van der Waals surface area contributed by atoms with Gasteiger partial charge in [-0.25, -0.2) is 9.97 Å². The summed E-state index contributed by atoms with van der Waals surface area (Å²) in [5, 5.41) is 4.46. The predicted molar refractivity (Wildman–Crippen MR) is 130 cm³/mol. The van der Waals surface area contributed by atoms with Crippen molar-refractivity contribution >= 4 is 56.5 Å². The fourth-order valence-electron chi connectivity index (χ4n) is 4.00. The standard InChI is InChI=1S/C23H26ClN5O2S/c1-13-14(2)32-22-19(13)20(25-12-26-22)29-9-7-15(8-10-29)21(30)27-18-11-16(5-6-17(18)24)23(31)28(3)4/h5-6,11-12,15H,7-10H2,1-4H3,(H,27,30). The molecule has 0 bridgehead atoms. The molecule has 0 radical (unpaired) electrons. The molecule has 0 saturated carbocycles. The van der Waals surface area contributed by atoms with Crippen LogP contribution < -0.4 is 10.2 Å². The molecular weight excluding hydrogens is 446 g/mol. The van der Waals surface area contributed by atoms with Crippen LogP contribution >= 0.6 is 22.9 Å². The van der Waals surface area contributed by atoms with E-state index in [0.29, 0.717) is 29.1 Å². The van der Waals surface area contributed by atoms with Gasteiger partial charge in [-0.2, -0.15) is 0 Å². The molecule has 9 heteroatoms. The Morgan fingerprint density at radius 1 is 1.19 bits per heavy atom. The highest BCUT2D eigenvalue weighted by atomic mass is 35.5. The van der Waals surface area contributed by atoms with Crippen molar-refractivity contribution in [1.29, 1.82) is 0 Å². The number of carbonyl (C=O) groups is 2. The van der Waals surface area contributed by atoms with E-state index in [-0.39, 0.29) is 17.7 Å². The number of aryl methyl sites for hydroxylation is 2. The number of anilines is 2. The third-order valence-corrected chi connectivity index (χ3v) is 7.43. The van der Waals surface area contributed by atoms with Crippen LogP contribution in [0.15, 0.2) is 24.5 Å². The van der Waals surface area contributed by atoms with Crippen LogP contribution in [0, 0.1) is 19.8 Å². The zero-order valence-electron chi connectivity index (χ0n) is 18.6. The molecule has 0 unspecified atom stereocenters. The Hall–Kier alpha value is -2.71. The van der Waals surface area contributed by atoms with Crippen LogP contribution in [0.4, 0.5) is 11.5 Å². The summed E-state index contributed by atoms with van der Waals surface area (Å²) >= 11 is 7.97. The average molecular weight is 472 g/mol. The number of aromatic nitrogens is 2. The van der Waals surface area contributed by atoms with Gasteiger partial charge in [0.05, 0.1) is 16.1 Å². The first-order valence-electron chi connectivity index (χ1n) is 10.5. The molecule has 1 fully saturated rings. The normalized spacial score (nSPS) is 14.6. The second-order valence-electron chi connectivity index (χ2n) is 8.31. The van der Waals surface area contributed by atoms with E-state index < -0.39 is 0 Å². The van der Waals surface area contributed by atoms with E-state index in [1.807, 2.05) is 0 Å². The number of nitrogens with one attached hydrogen (secondary N) is 1. The molecule has 0 aliphatic carbocycles. The lowest BCUT2D eigenvalue weighted by atomic mass is 9.95. The molecule has 2 aromatic heterocycles. The number of piperidine rings is 1. The maximum Gasteiger partial charge on any atom is 0.253 e. The monoisotopic (exact) mass is 471 g/mol. The number of nitrogens with zero attached hydrogens (tertiary/aromatic N) is 4. The third-order valence-electron chi connectivity index (χ3n) is 5.99. The van der Waals surface area contributed by atoms with Gasteiger partial charge in [0, 0.05) is 43.5 Å². The van der Waals surface area contributed by atoms with Crippen LogP contribution in [0.2, 0.25) is 5.02 Å². The lowest BCUT2D eigenvalue weighted by molar-refractivity contribution is -0.120. The maximum absolute atomic E-state index is 12.9. The summed E-state index contributed by atoms with van der Waals surface area (Å²) in [5.41, 5.74) is 2.18. The highest BCUT2D eigenvalue weighted by Crippen LogP contribution is 2.36. The maximum atomic E-state index is 12.9. The van der Waals surface area contributed by atoms with E-state index in [4.69, 9.17) is 11.6 Å². The molecule has 3 aromatic rings. The van der Waals surface area contributed by atoms with Gasteiger partial charge in [0.15, 0.2) is 0 Å².